The van der Waals surface area contributed by atoms with Crippen molar-refractivity contribution in [3.05, 3.63) is 0 Å². The van der Waals surface area contributed by atoms with Crippen molar-refractivity contribution in [2.24, 2.45) is 5.92 Å². The van der Waals surface area contributed by atoms with Crippen LogP contribution in [0.5, 0.6) is 0 Å². The number of carbonyl (C=O) groups excluding carboxylic acids is 1. The summed E-state index contributed by atoms with van der Waals surface area (Å²) in [5.74, 6) is -0.144. The third-order valence-corrected chi connectivity index (χ3v) is 4.46. The molecule has 0 aromatic rings. The summed E-state index contributed by atoms with van der Waals surface area (Å²) in [5.41, 5.74) is 0. The summed E-state index contributed by atoms with van der Waals surface area (Å²) in [6, 6.07) is 0. The molecule has 82 valence electrons. The fourth-order valence-corrected chi connectivity index (χ4v) is 2.97. The maximum Gasteiger partial charge on any atom is 0.251 e. The van der Waals surface area contributed by atoms with Gasteiger partial charge in [-0.3, -0.25) is 4.79 Å². The summed E-state index contributed by atoms with van der Waals surface area (Å²) in [4.78, 5) is 11.4. The van der Waals surface area contributed by atoms with Crippen molar-refractivity contribution in [3.63, 3.8) is 0 Å². The Bertz CT molecular complexity index is 315. The number of hydrogen-bond donors (Lipinski definition) is 0. The maximum absolute atomic E-state index is 11.4. The number of hydrogen-bond acceptors (Lipinski definition) is 3. The number of halogens is 1. The first-order chi connectivity index (χ1) is 6.51. The Morgan fingerprint density at radius 3 is 2.71 bits per heavy atom. The second-order valence-corrected chi connectivity index (χ2v) is 5.98. The predicted octanol–water partition coefficient (Wildman–Crippen LogP) is 1.16. The molecule has 1 atom stereocenters. The summed E-state index contributed by atoms with van der Waals surface area (Å²) in [7, 11) is -3.55. The van der Waals surface area contributed by atoms with Crippen molar-refractivity contribution in [1.29, 1.82) is 0 Å². The number of amides is 1. The van der Waals surface area contributed by atoms with Gasteiger partial charge in [0.05, 0.1) is 0 Å². The van der Waals surface area contributed by atoms with Crippen LogP contribution in [0.1, 0.15) is 26.2 Å². The predicted molar refractivity (Wildman–Crippen MR) is 54.4 cm³/mol. The van der Waals surface area contributed by atoms with Gasteiger partial charge in [-0.05, 0) is 12.3 Å². The first-order valence-electron chi connectivity index (χ1n) is 4.60. The van der Waals surface area contributed by atoms with Crippen LogP contribution in [0.3, 0.4) is 0 Å². The van der Waals surface area contributed by atoms with Crippen LogP contribution < -0.4 is 0 Å². The molecule has 1 saturated heterocycles. The smallest absolute Gasteiger partial charge is 0.251 e. The molecule has 1 unspecified atom stereocenters. The van der Waals surface area contributed by atoms with E-state index < -0.39 is 15.2 Å². The van der Waals surface area contributed by atoms with Gasteiger partial charge in [-0.2, -0.15) is 0 Å². The van der Waals surface area contributed by atoms with E-state index in [1.807, 2.05) is 6.92 Å². The van der Waals surface area contributed by atoms with E-state index in [9.17, 15) is 13.2 Å². The number of nitrogens with zero attached hydrogens (tertiary/aromatic N) is 1. The van der Waals surface area contributed by atoms with Crippen LogP contribution in [0.2, 0.25) is 0 Å². The molecule has 1 heterocycles. The Morgan fingerprint density at radius 1 is 1.57 bits per heavy atom. The number of alkyl halides is 1. The monoisotopic (exact) mass is 239 g/mol. The molecule has 1 aliphatic heterocycles. The van der Waals surface area contributed by atoms with Crippen molar-refractivity contribution >= 4 is 27.5 Å². The Morgan fingerprint density at radius 2 is 2.21 bits per heavy atom. The lowest BCUT2D eigenvalue weighted by atomic mass is 10.0. The van der Waals surface area contributed by atoms with Crippen LogP contribution >= 0.6 is 11.6 Å². The number of sulfonamides is 1. The lowest BCUT2D eigenvalue weighted by molar-refractivity contribution is -0.123. The van der Waals surface area contributed by atoms with Gasteiger partial charge in [-0.25, -0.2) is 12.7 Å². The molecule has 4 nitrogen and oxygen atoms in total. The second kappa shape index (κ2) is 4.49. The Hall–Kier alpha value is -0.290. The van der Waals surface area contributed by atoms with Gasteiger partial charge in [0.2, 0.25) is 5.91 Å². The van der Waals surface area contributed by atoms with E-state index in [-0.39, 0.29) is 11.8 Å². The molecule has 0 aromatic carbocycles. The first-order valence-corrected chi connectivity index (χ1v) is 6.74. The summed E-state index contributed by atoms with van der Waals surface area (Å²) in [6.07, 6.45) is 2.19. The summed E-state index contributed by atoms with van der Waals surface area (Å²) < 4.78 is 23.6. The average molecular weight is 240 g/mol. The molecule has 0 spiro atoms. The van der Waals surface area contributed by atoms with Crippen LogP contribution in [-0.2, 0) is 14.8 Å². The summed E-state index contributed by atoms with van der Waals surface area (Å²) in [6.45, 7) is 2.32. The molecule has 6 heteroatoms. The van der Waals surface area contributed by atoms with E-state index in [1.54, 1.807) is 0 Å². The van der Waals surface area contributed by atoms with Crippen LogP contribution in [0.15, 0.2) is 0 Å². The normalized spacial score (nSPS) is 23.1. The first kappa shape index (κ1) is 11.8. The molecule has 0 radical (unpaired) electrons. The molecule has 1 amide bonds. The van der Waals surface area contributed by atoms with E-state index in [2.05, 4.69) is 0 Å². The van der Waals surface area contributed by atoms with Gasteiger partial charge in [-0.15, -0.1) is 11.6 Å². The number of rotatable bonds is 4. The minimum Gasteiger partial charge on any atom is -0.274 e. The minimum atomic E-state index is -3.55. The molecule has 0 saturated carbocycles. The maximum atomic E-state index is 11.4. The van der Waals surface area contributed by atoms with Crippen LogP contribution in [0, 0.1) is 5.92 Å². The highest BCUT2D eigenvalue weighted by Crippen LogP contribution is 2.24. The van der Waals surface area contributed by atoms with Crippen molar-refractivity contribution in [1.82, 2.24) is 4.31 Å². The second-order valence-electron chi connectivity index (χ2n) is 3.50. The Kier molecular flexibility index (Phi) is 3.78. The van der Waals surface area contributed by atoms with Gasteiger partial charge < -0.3 is 0 Å². The van der Waals surface area contributed by atoms with Crippen molar-refractivity contribution in [2.75, 3.05) is 11.8 Å². The highest BCUT2D eigenvalue weighted by molar-refractivity contribution is 7.90. The average Bonchev–Trinajstić information content (AvgIpc) is 2.48. The van der Waals surface area contributed by atoms with Gasteiger partial charge in [0.1, 0.15) is 5.21 Å². The third-order valence-electron chi connectivity index (χ3n) is 2.34. The standard InChI is InChI=1S/C8H14ClNO3S/c1-2-3-7-4-8(11)10(5-7)14(12,13)6-9/h7H,2-6H2,1H3. The minimum absolute atomic E-state index is 0.172. The molecule has 1 aliphatic rings. The van der Waals surface area contributed by atoms with Gasteiger partial charge in [0.25, 0.3) is 10.0 Å². The van der Waals surface area contributed by atoms with Gasteiger partial charge >= 0.3 is 0 Å². The van der Waals surface area contributed by atoms with Gasteiger partial charge in [-0.1, -0.05) is 13.3 Å². The lowest BCUT2D eigenvalue weighted by Gasteiger charge is -2.14. The molecule has 0 bridgehead atoms. The molecule has 1 fully saturated rings. The zero-order chi connectivity index (χ0) is 10.8. The molecular weight excluding hydrogens is 226 g/mol. The largest absolute Gasteiger partial charge is 0.274 e. The van der Waals surface area contributed by atoms with Gasteiger partial charge in [0, 0.05) is 13.0 Å². The van der Waals surface area contributed by atoms with E-state index in [0.717, 1.165) is 17.1 Å². The fraction of sp³-hybridized carbons (Fsp3) is 0.875. The van der Waals surface area contributed by atoms with E-state index >= 15 is 0 Å². The molecule has 14 heavy (non-hydrogen) atoms. The van der Waals surface area contributed by atoms with Crippen LogP contribution in [0.25, 0.3) is 0 Å². The summed E-state index contributed by atoms with van der Waals surface area (Å²) >= 11 is 5.28. The highest BCUT2D eigenvalue weighted by atomic mass is 35.5. The SMILES string of the molecule is CCCC1CC(=O)N(S(=O)(=O)CCl)C1. The van der Waals surface area contributed by atoms with E-state index in [1.165, 1.54) is 0 Å². The quantitative estimate of drug-likeness (QED) is 0.692. The molecular formula is C8H14ClNO3S. The van der Waals surface area contributed by atoms with Crippen LogP contribution in [0.4, 0.5) is 0 Å². The lowest BCUT2D eigenvalue weighted by Crippen LogP contribution is -2.33. The molecule has 0 aromatic heterocycles. The van der Waals surface area contributed by atoms with Crippen molar-refractivity contribution in [3.8, 4) is 0 Å². The topological polar surface area (TPSA) is 54.5 Å². The van der Waals surface area contributed by atoms with Crippen molar-refractivity contribution < 1.29 is 13.2 Å². The Labute approximate surface area is 89.3 Å². The third kappa shape index (κ3) is 2.39. The zero-order valence-corrected chi connectivity index (χ0v) is 9.64. The van der Waals surface area contributed by atoms with E-state index in [0.29, 0.717) is 13.0 Å². The van der Waals surface area contributed by atoms with Crippen LogP contribution in [-0.4, -0.2) is 30.4 Å². The molecule has 0 aliphatic carbocycles. The highest BCUT2D eigenvalue weighted by Gasteiger charge is 2.36. The fourth-order valence-electron chi connectivity index (χ4n) is 1.68. The zero-order valence-electron chi connectivity index (χ0n) is 8.07. The Balaban J connectivity index is 2.71. The molecule has 1 rings (SSSR count). The van der Waals surface area contributed by atoms with Crippen molar-refractivity contribution in [2.45, 2.75) is 26.2 Å². The van der Waals surface area contributed by atoms with Gasteiger partial charge in [0.15, 0.2) is 0 Å². The molecule has 0 N–H and O–H groups in total. The summed E-state index contributed by atoms with van der Waals surface area (Å²) in [5, 5.41) is -0.516. The number of carbonyl (C=O) groups is 1. The van der Waals surface area contributed by atoms with E-state index in [4.69, 9.17) is 11.6 Å².